The summed E-state index contributed by atoms with van der Waals surface area (Å²) in [5.74, 6) is -2.02. The molecule has 2 aliphatic rings. The first-order valence-corrected chi connectivity index (χ1v) is 9.25. The summed E-state index contributed by atoms with van der Waals surface area (Å²) < 4.78 is 7.44. The molecule has 29 heavy (non-hydrogen) atoms. The Morgan fingerprint density at radius 2 is 2.00 bits per heavy atom. The number of amides is 4. The molecule has 1 atom stereocenters. The van der Waals surface area contributed by atoms with E-state index in [1.54, 1.807) is 23.0 Å². The average Bonchev–Trinajstić information content (AvgIpc) is 3.25. The van der Waals surface area contributed by atoms with Gasteiger partial charge < -0.3 is 4.74 Å². The predicted octanol–water partition coefficient (Wildman–Crippen LogP) is 0.839. The van der Waals surface area contributed by atoms with Crippen LogP contribution in [0.4, 0.5) is 0 Å². The van der Waals surface area contributed by atoms with Gasteiger partial charge in [0.2, 0.25) is 11.8 Å². The Morgan fingerprint density at radius 3 is 2.69 bits per heavy atom. The summed E-state index contributed by atoms with van der Waals surface area (Å²) in [5.41, 5.74) is 0.858. The van der Waals surface area contributed by atoms with E-state index in [0.717, 1.165) is 4.90 Å². The highest BCUT2D eigenvalue weighted by atomic mass is 16.5. The molecule has 150 valence electrons. The van der Waals surface area contributed by atoms with Crippen LogP contribution in [-0.4, -0.2) is 49.6 Å². The smallest absolute Gasteiger partial charge is 0.266 e. The maximum atomic E-state index is 13.0. The molecule has 0 spiro atoms. The molecular formula is C19H19N5O5. The normalized spacial score (nSPS) is 19.0. The van der Waals surface area contributed by atoms with Crippen molar-refractivity contribution in [1.29, 1.82) is 0 Å². The number of piperidine rings is 1. The number of carbonyl (C=O) groups is 4. The second-order valence-corrected chi connectivity index (χ2v) is 7.20. The number of imide groups is 2. The van der Waals surface area contributed by atoms with Crippen molar-refractivity contribution in [1.82, 2.24) is 25.2 Å². The Hall–Kier alpha value is -3.56. The number of aromatic nitrogens is 3. The number of hydrogen-bond acceptors (Lipinski definition) is 7. The molecule has 4 amide bonds. The lowest BCUT2D eigenvalue weighted by atomic mass is 10.0. The molecule has 1 saturated heterocycles. The lowest BCUT2D eigenvalue weighted by molar-refractivity contribution is -0.136. The zero-order valence-electron chi connectivity index (χ0n) is 15.9. The number of fused-ring (bicyclic) bond motifs is 1. The van der Waals surface area contributed by atoms with Gasteiger partial charge in [0.05, 0.1) is 17.3 Å². The van der Waals surface area contributed by atoms with Gasteiger partial charge in [-0.2, -0.15) is 0 Å². The van der Waals surface area contributed by atoms with Gasteiger partial charge in [0.15, 0.2) is 0 Å². The third-order valence-corrected chi connectivity index (χ3v) is 4.89. The summed E-state index contributed by atoms with van der Waals surface area (Å²) in [7, 11) is 0. The highest BCUT2D eigenvalue weighted by Crippen LogP contribution is 2.33. The first-order chi connectivity index (χ1) is 13.9. The van der Waals surface area contributed by atoms with E-state index in [-0.39, 0.29) is 42.4 Å². The number of carbonyl (C=O) groups excluding carboxylic acids is 4. The lowest BCUT2D eigenvalue weighted by Crippen LogP contribution is -2.54. The van der Waals surface area contributed by atoms with Crippen molar-refractivity contribution in [2.45, 2.75) is 45.4 Å². The molecule has 10 heteroatoms. The van der Waals surface area contributed by atoms with Gasteiger partial charge in [-0.15, -0.1) is 5.10 Å². The van der Waals surface area contributed by atoms with Crippen LogP contribution in [0, 0.1) is 0 Å². The summed E-state index contributed by atoms with van der Waals surface area (Å²) in [4.78, 5) is 50.2. The van der Waals surface area contributed by atoms with Crippen molar-refractivity contribution in [2.24, 2.45) is 0 Å². The molecule has 1 aromatic heterocycles. The molecule has 1 aromatic carbocycles. The van der Waals surface area contributed by atoms with E-state index in [1.807, 2.05) is 13.8 Å². The van der Waals surface area contributed by atoms with Gasteiger partial charge in [-0.1, -0.05) is 11.3 Å². The fourth-order valence-electron chi connectivity index (χ4n) is 3.39. The van der Waals surface area contributed by atoms with Crippen LogP contribution in [0.1, 0.15) is 59.1 Å². The standard InChI is InChI=1S/C19H19N5O5/c1-10(2)23-8-11(21-22-23)9-29-14-5-3-4-12-16(14)19(28)24(18(12)27)13-6-7-15(25)20-17(13)26/h3-5,8,10,13H,6-7,9H2,1-2H3,(H,20,25,26). The van der Waals surface area contributed by atoms with E-state index in [2.05, 4.69) is 15.6 Å². The van der Waals surface area contributed by atoms with Gasteiger partial charge in [-0.25, -0.2) is 4.68 Å². The highest BCUT2D eigenvalue weighted by molar-refractivity contribution is 6.24. The summed E-state index contributed by atoms with van der Waals surface area (Å²) in [6, 6.07) is 3.85. The number of hydrogen-bond donors (Lipinski definition) is 1. The first kappa shape index (κ1) is 18.8. The Morgan fingerprint density at radius 1 is 1.21 bits per heavy atom. The molecule has 0 aliphatic carbocycles. The van der Waals surface area contributed by atoms with E-state index in [0.29, 0.717) is 5.69 Å². The molecule has 1 fully saturated rings. The number of nitrogens with one attached hydrogen (secondary N) is 1. The zero-order valence-corrected chi connectivity index (χ0v) is 15.9. The fraction of sp³-hybridized carbons (Fsp3) is 0.368. The SMILES string of the molecule is CC(C)n1cc(COc2cccc3c2C(=O)N(C2CCC(=O)NC2=O)C3=O)nn1. The average molecular weight is 397 g/mol. The van der Waals surface area contributed by atoms with Gasteiger partial charge >= 0.3 is 0 Å². The maximum absolute atomic E-state index is 13.0. The highest BCUT2D eigenvalue weighted by Gasteiger charge is 2.46. The van der Waals surface area contributed by atoms with Crippen LogP contribution in [0.15, 0.2) is 24.4 Å². The van der Waals surface area contributed by atoms with E-state index in [1.165, 1.54) is 6.07 Å². The number of nitrogens with zero attached hydrogens (tertiary/aromatic N) is 4. The fourth-order valence-corrected chi connectivity index (χ4v) is 3.39. The van der Waals surface area contributed by atoms with Crippen molar-refractivity contribution < 1.29 is 23.9 Å². The monoisotopic (exact) mass is 397 g/mol. The van der Waals surface area contributed by atoms with Gasteiger partial charge in [-0.05, 0) is 32.4 Å². The molecule has 1 N–H and O–H groups in total. The minimum absolute atomic E-state index is 0.0681. The number of ether oxygens (including phenoxy) is 1. The zero-order chi connectivity index (χ0) is 20.7. The molecule has 0 saturated carbocycles. The van der Waals surface area contributed by atoms with E-state index < -0.39 is 29.7 Å². The summed E-state index contributed by atoms with van der Waals surface area (Å²) in [6.07, 6.45) is 1.92. The Kier molecular flexibility index (Phi) is 4.61. The summed E-state index contributed by atoms with van der Waals surface area (Å²) >= 11 is 0. The van der Waals surface area contributed by atoms with Crippen LogP contribution in [-0.2, 0) is 16.2 Å². The molecule has 2 aromatic rings. The van der Waals surface area contributed by atoms with Gasteiger partial charge in [-0.3, -0.25) is 29.4 Å². The van der Waals surface area contributed by atoms with Crippen LogP contribution in [0.5, 0.6) is 5.75 Å². The first-order valence-electron chi connectivity index (χ1n) is 9.25. The van der Waals surface area contributed by atoms with E-state index in [4.69, 9.17) is 4.74 Å². The Balaban J connectivity index is 1.57. The summed E-state index contributed by atoms with van der Waals surface area (Å²) in [6.45, 7) is 4.01. The molecule has 2 aliphatic heterocycles. The van der Waals surface area contributed by atoms with Crippen LogP contribution in [0.2, 0.25) is 0 Å². The quantitative estimate of drug-likeness (QED) is 0.742. The molecular weight excluding hydrogens is 378 g/mol. The second kappa shape index (κ2) is 7.12. The second-order valence-electron chi connectivity index (χ2n) is 7.20. The molecule has 10 nitrogen and oxygen atoms in total. The third kappa shape index (κ3) is 3.26. The Bertz CT molecular complexity index is 1030. The van der Waals surface area contributed by atoms with E-state index >= 15 is 0 Å². The van der Waals surface area contributed by atoms with Crippen LogP contribution in [0.3, 0.4) is 0 Å². The number of rotatable bonds is 5. The largest absolute Gasteiger partial charge is 0.486 e. The minimum Gasteiger partial charge on any atom is -0.486 e. The van der Waals surface area contributed by atoms with E-state index in [9.17, 15) is 19.2 Å². The summed E-state index contributed by atoms with van der Waals surface area (Å²) in [5, 5.41) is 10.2. The van der Waals surface area contributed by atoms with Gasteiger partial charge in [0.25, 0.3) is 11.8 Å². The van der Waals surface area contributed by atoms with Gasteiger partial charge in [0, 0.05) is 12.5 Å². The lowest BCUT2D eigenvalue weighted by Gasteiger charge is -2.27. The van der Waals surface area contributed by atoms with Crippen molar-refractivity contribution in [2.75, 3.05) is 0 Å². The molecule has 1 unspecified atom stereocenters. The van der Waals surface area contributed by atoms with Gasteiger partial charge in [0.1, 0.15) is 24.1 Å². The molecule has 4 rings (SSSR count). The number of benzene rings is 1. The molecule has 0 bridgehead atoms. The van der Waals surface area contributed by atoms with Crippen molar-refractivity contribution in [3.8, 4) is 5.75 Å². The Labute approximate surface area is 165 Å². The third-order valence-electron chi connectivity index (χ3n) is 4.89. The van der Waals surface area contributed by atoms with Crippen LogP contribution >= 0.6 is 0 Å². The van der Waals surface area contributed by atoms with Crippen LogP contribution in [0.25, 0.3) is 0 Å². The molecule has 3 heterocycles. The van der Waals surface area contributed by atoms with Crippen LogP contribution < -0.4 is 10.1 Å². The maximum Gasteiger partial charge on any atom is 0.266 e. The van der Waals surface area contributed by atoms with Crippen molar-refractivity contribution >= 4 is 23.6 Å². The van der Waals surface area contributed by atoms with Crippen molar-refractivity contribution in [3.63, 3.8) is 0 Å². The minimum atomic E-state index is -1.01. The predicted molar refractivity (Wildman–Crippen MR) is 97.9 cm³/mol. The van der Waals surface area contributed by atoms with Crippen molar-refractivity contribution in [3.05, 3.63) is 41.2 Å². The molecule has 0 radical (unpaired) electrons. The topological polar surface area (TPSA) is 123 Å².